The average Bonchev–Trinajstić information content (AvgIpc) is 2.36. The third kappa shape index (κ3) is 4.01. The van der Waals surface area contributed by atoms with Crippen LogP contribution in [0.15, 0.2) is 0 Å². The Morgan fingerprint density at radius 2 is 1.88 bits per heavy atom. The van der Waals surface area contributed by atoms with Crippen LogP contribution in [0.3, 0.4) is 0 Å². The van der Waals surface area contributed by atoms with Gasteiger partial charge in [-0.3, -0.25) is 0 Å². The van der Waals surface area contributed by atoms with E-state index in [0.717, 1.165) is 52.2 Å². The predicted octanol–water partition coefficient (Wildman–Crippen LogP) is 0.459. The lowest BCUT2D eigenvalue weighted by atomic mass is 9.91. The normalized spacial score (nSPS) is 20.2. The monoisotopic (exact) mass is 230 g/mol. The number of hydrogen-bond donors (Lipinski definition) is 2. The minimum Gasteiger partial charge on any atom is -0.394 e. The fourth-order valence-corrected chi connectivity index (χ4v) is 2.17. The SMILES string of the molecule is CCN(CC)CCNC1(CO)CCOCC1. The number of hydrogen-bond acceptors (Lipinski definition) is 4. The summed E-state index contributed by atoms with van der Waals surface area (Å²) < 4.78 is 5.33. The number of rotatable bonds is 7. The van der Waals surface area contributed by atoms with Crippen molar-refractivity contribution in [2.24, 2.45) is 0 Å². The number of nitrogens with zero attached hydrogens (tertiary/aromatic N) is 1. The highest BCUT2D eigenvalue weighted by Gasteiger charge is 2.30. The first-order chi connectivity index (χ1) is 7.76. The Kier molecular flexibility index (Phi) is 6.28. The van der Waals surface area contributed by atoms with Crippen LogP contribution in [0.25, 0.3) is 0 Å². The second-order valence-electron chi connectivity index (χ2n) is 4.50. The molecule has 1 heterocycles. The molecule has 2 N–H and O–H groups in total. The summed E-state index contributed by atoms with van der Waals surface area (Å²) in [6.07, 6.45) is 1.84. The van der Waals surface area contributed by atoms with Crippen molar-refractivity contribution in [3.8, 4) is 0 Å². The van der Waals surface area contributed by atoms with Gasteiger partial charge in [-0.05, 0) is 25.9 Å². The Morgan fingerprint density at radius 1 is 1.25 bits per heavy atom. The molecule has 0 saturated carbocycles. The molecule has 0 aromatic carbocycles. The van der Waals surface area contributed by atoms with Crippen molar-refractivity contribution in [3.63, 3.8) is 0 Å². The molecule has 1 aliphatic heterocycles. The highest BCUT2D eigenvalue weighted by molar-refractivity contribution is 4.89. The zero-order chi connectivity index (χ0) is 11.9. The summed E-state index contributed by atoms with van der Waals surface area (Å²) in [6.45, 7) is 10.3. The first-order valence-electron chi connectivity index (χ1n) is 6.42. The molecule has 0 aromatic heterocycles. The second-order valence-corrected chi connectivity index (χ2v) is 4.50. The molecular formula is C12H26N2O2. The van der Waals surface area contributed by atoms with Crippen LogP contribution in [0, 0.1) is 0 Å². The van der Waals surface area contributed by atoms with Gasteiger partial charge in [0.2, 0.25) is 0 Å². The summed E-state index contributed by atoms with van der Waals surface area (Å²) in [5.41, 5.74) is -0.0919. The fourth-order valence-electron chi connectivity index (χ4n) is 2.17. The number of aliphatic hydroxyl groups excluding tert-OH is 1. The third-order valence-electron chi connectivity index (χ3n) is 3.58. The van der Waals surface area contributed by atoms with Gasteiger partial charge in [0.15, 0.2) is 0 Å². The van der Waals surface area contributed by atoms with E-state index in [1.165, 1.54) is 0 Å². The van der Waals surface area contributed by atoms with Crippen molar-refractivity contribution >= 4 is 0 Å². The molecule has 0 radical (unpaired) electrons. The second kappa shape index (κ2) is 7.22. The minimum atomic E-state index is -0.0919. The standard InChI is InChI=1S/C12H26N2O2/c1-3-14(4-2)8-7-13-12(11-15)5-9-16-10-6-12/h13,15H,3-11H2,1-2H3. The van der Waals surface area contributed by atoms with E-state index in [0.29, 0.717) is 0 Å². The van der Waals surface area contributed by atoms with E-state index in [2.05, 4.69) is 24.1 Å². The molecule has 4 nitrogen and oxygen atoms in total. The Bertz CT molecular complexity index is 178. The van der Waals surface area contributed by atoms with Crippen molar-refractivity contribution in [1.82, 2.24) is 10.2 Å². The topological polar surface area (TPSA) is 44.7 Å². The highest BCUT2D eigenvalue weighted by atomic mass is 16.5. The van der Waals surface area contributed by atoms with E-state index in [1.54, 1.807) is 0 Å². The van der Waals surface area contributed by atoms with Crippen molar-refractivity contribution in [2.45, 2.75) is 32.2 Å². The summed E-state index contributed by atoms with van der Waals surface area (Å²) in [7, 11) is 0. The predicted molar refractivity (Wildman–Crippen MR) is 65.7 cm³/mol. The molecule has 0 atom stereocenters. The molecule has 0 unspecified atom stereocenters. The van der Waals surface area contributed by atoms with Crippen molar-refractivity contribution in [1.29, 1.82) is 0 Å². The van der Waals surface area contributed by atoms with Gasteiger partial charge in [0.05, 0.1) is 6.61 Å². The molecule has 0 spiro atoms. The summed E-state index contributed by atoms with van der Waals surface area (Å²) in [5, 5.41) is 13.0. The Labute approximate surface area is 99.0 Å². The maximum absolute atomic E-state index is 9.49. The van der Waals surface area contributed by atoms with Crippen LogP contribution in [0.1, 0.15) is 26.7 Å². The van der Waals surface area contributed by atoms with Gasteiger partial charge < -0.3 is 20.1 Å². The fraction of sp³-hybridized carbons (Fsp3) is 1.00. The molecule has 4 heteroatoms. The van der Waals surface area contributed by atoms with Crippen molar-refractivity contribution in [2.75, 3.05) is 46.0 Å². The zero-order valence-electron chi connectivity index (χ0n) is 10.7. The van der Waals surface area contributed by atoms with Crippen LogP contribution in [0.5, 0.6) is 0 Å². The molecule has 0 bridgehead atoms. The number of ether oxygens (including phenoxy) is 1. The third-order valence-corrected chi connectivity index (χ3v) is 3.58. The van der Waals surface area contributed by atoms with Gasteiger partial charge in [0, 0.05) is 31.8 Å². The smallest absolute Gasteiger partial charge is 0.0615 e. The van der Waals surface area contributed by atoms with Crippen molar-refractivity contribution < 1.29 is 9.84 Å². The molecule has 96 valence electrons. The van der Waals surface area contributed by atoms with Gasteiger partial charge in [-0.25, -0.2) is 0 Å². The lowest BCUT2D eigenvalue weighted by Crippen LogP contribution is -2.54. The van der Waals surface area contributed by atoms with Gasteiger partial charge in [-0.1, -0.05) is 13.8 Å². The Hall–Kier alpha value is -0.160. The van der Waals surface area contributed by atoms with Crippen LogP contribution < -0.4 is 5.32 Å². The van der Waals surface area contributed by atoms with E-state index in [9.17, 15) is 5.11 Å². The first-order valence-corrected chi connectivity index (χ1v) is 6.42. The first kappa shape index (κ1) is 13.9. The summed E-state index contributed by atoms with van der Waals surface area (Å²) in [6, 6.07) is 0. The Morgan fingerprint density at radius 3 is 2.38 bits per heavy atom. The summed E-state index contributed by atoms with van der Waals surface area (Å²) >= 11 is 0. The lowest BCUT2D eigenvalue weighted by Gasteiger charge is -2.37. The number of likely N-dealkylation sites (N-methyl/N-ethyl adjacent to an activating group) is 1. The van der Waals surface area contributed by atoms with Crippen molar-refractivity contribution in [3.05, 3.63) is 0 Å². The molecule has 1 saturated heterocycles. The van der Waals surface area contributed by atoms with Crippen LogP contribution in [0.2, 0.25) is 0 Å². The molecular weight excluding hydrogens is 204 g/mol. The molecule has 0 aromatic rings. The van der Waals surface area contributed by atoms with Crippen LogP contribution >= 0.6 is 0 Å². The average molecular weight is 230 g/mol. The van der Waals surface area contributed by atoms with E-state index < -0.39 is 0 Å². The molecule has 0 amide bonds. The maximum atomic E-state index is 9.49. The molecule has 1 rings (SSSR count). The van der Waals surface area contributed by atoms with Gasteiger partial charge in [0.1, 0.15) is 0 Å². The highest BCUT2D eigenvalue weighted by Crippen LogP contribution is 2.19. The van der Waals surface area contributed by atoms with Crippen LogP contribution in [-0.2, 0) is 4.74 Å². The maximum Gasteiger partial charge on any atom is 0.0615 e. The minimum absolute atomic E-state index is 0.0919. The molecule has 0 aliphatic carbocycles. The van der Waals surface area contributed by atoms with E-state index in [-0.39, 0.29) is 12.1 Å². The number of nitrogens with one attached hydrogen (secondary N) is 1. The lowest BCUT2D eigenvalue weighted by molar-refractivity contribution is 0.0112. The molecule has 16 heavy (non-hydrogen) atoms. The largest absolute Gasteiger partial charge is 0.394 e. The quantitative estimate of drug-likeness (QED) is 0.667. The van der Waals surface area contributed by atoms with Gasteiger partial charge in [-0.15, -0.1) is 0 Å². The Balaban J connectivity index is 2.27. The van der Waals surface area contributed by atoms with E-state index >= 15 is 0 Å². The summed E-state index contributed by atoms with van der Waals surface area (Å²) in [4.78, 5) is 2.39. The van der Waals surface area contributed by atoms with E-state index in [1.807, 2.05) is 0 Å². The van der Waals surface area contributed by atoms with Gasteiger partial charge in [-0.2, -0.15) is 0 Å². The van der Waals surface area contributed by atoms with Crippen LogP contribution in [-0.4, -0.2) is 61.5 Å². The summed E-state index contributed by atoms with van der Waals surface area (Å²) in [5.74, 6) is 0. The van der Waals surface area contributed by atoms with E-state index in [4.69, 9.17) is 4.74 Å². The van der Waals surface area contributed by atoms with Gasteiger partial charge >= 0.3 is 0 Å². The van der Waals surface area contributed by atoms with Gasteiger partial charge in [0.25, 0.3) is 0 Å². The number of aliphatic hydroxyl groups is 1. The molecule has 1 aliphatic rings. The van der Waals surface area contributed by atoms with Crippen LogP contribution in [0.4, 0.5) is 0 Å². The zero-order valence-corrected chi connectivity index (χ0v) is 10.7. The molecule has 1 fully saturated rings.